The quantitative estimate of drug-likeness (QED) is 0.769. The molecule has 2 nitrogen and oxygen atoms in total. The first-order chi connectivity index (χ1) is 9.53. The Morgan fingerprint density at radius 1 is 1.10 bits per heavy atom. The fraction of sp³-hybridized carbons (Fsp3) is 0.389. The summed E-state index contributed by atoms with van der Waals surface area (Å²) in [5, 5.41) is 0. The number of rotatable bonds is 5. The zero-order valence-corrected chi connectivity index (χ0v) is 12.8. The Morgan fingerprint density at radius 2 is 1.80 bits per heavy atom. The first kappa shape index (κ1) is 14.6. The molecule has 1 unspecified atom stereocenters. The fourth-order valence-electron chi connectivity index (χ4n) is 2.03. The van der Waals surface area contributed by atoms with Crippen LogP contribution in [0.2, 0.25) is 0 Å². The molecule has 2 heteroatoms. The second kappa shape index (κ2) is 6.08. The van der Waals surface area contributed by atoms with Gasteiger partial charge in [0.2, 0.25) is 5.88 Å². The molecule has 0 radical (unpaired) electrons. The molecule has 0 amide bonds. The van der Waals surface area contributed by atoms with E-state index in [1.165, 1.54) is 5.56 Å². The topological polar surface area (TPSA) is 22.1 Å². The van der Waals surface area contributed by atoms with Gasteiger partial charge >= 0.3 is 0 Å². The van der Waals surface area contributed by atoms with Gasteiger partial charge in [0.15, 0.2) is 0 Å². The average Bonchev–Trinajstić information content (AvgIpc) is 2.48. The molecule has 0 bridgehead atoms. The zero-order valence-electron chi connectivity index (χ0n) is 12.8. The number of hydrogen-bond donors (Lipinski definition) is 0. The summed E-state index contributed by atoms with van der Waals surface area (Å²) in [4.78, 5) is 4.44. The third-order valence-electron chi connectivity index (χ3n) is 3.97. The maximum atomic E-state index is 5.89. The summed E-state index contributed by atoms with van der Waals surface area (Å²) in [6, 6.07) is 14.3. The molecule has 1 aromatic heterocycles. The molecule has 106 valence electrons. The molecule has 2 aromatic rings. The predicted molar refractivity (Wildman–Crippen MR) is 83.0 cm³/mol. The van der Waals surface area contributed by atoms with Gasteiger partial charge in [0.05, 0.1) is 0 Å². The van der Waals surface area contributed by atoms with Crippen LogP contribution in [0.15, 0.2) is 48.7 Å². The van der Waals surface area contributed by atoms with Gasteiger partial charge in [-0.2, -0.15) is 0 Å². The maximum absolute atomic E-state index is 5.89. The van der Waals surface area contributed by atoms with E-state index in [-0.39, 0.29) is 11.5 Å². The summed E-state index contributed by atoms with van der Waals surface area (Å²) >= 11 is 0. The smallest absolute Gasteiger partial charge is 0.213 e. The van der Waals surface area contributed by atoms with Crippen molar-refractivity contribution in [3.05, 3.63) is 59.8 Å². The minimum atomic E-state index is 0.00809. The zero-order chi connectivity index (χ0) is 14.6. The highest BCUT2D eigenvalue weighted by molar-refractivity contribution is 5.25. The highest BCUT2D eigenvalue weighted by atomic mass is 16.5. The molecule has 2 rings (SSSR count). The van der Waals surface area contributed by atoms with Gasteiger partial charge in [-0.1, -0.05) is 57.2 Å². The number of ether oxygens (including phenoxy) is 1. The Morgan fingerprint density at radius 3 is 2.35 bits per heavy atom. The van der Waals surface area contributed by atoms with Crippen molar-refractivity contribution >= 4 is 0 Å². The van der Waals surface area contributed by atoms with Crippen molar-refractivity contribution in [1.29, 1.82) is 0 Å². The molecule has 0 spiro atoms. The van der Waals surface area contributed by atoms with Gasteiger partial charge in [-0.05, 0) is 29.9 Å². The van der Waals surface area contributed by atoms with E-state index < -0.39 is 0 Å². The van der Waals surface area contributed by atoms with Crippen molar-refractivity contribution in [3.63, 3.8) is 0 Å². The van der Waals surface area contributed by atoms with Crippen LogP contribution in [0.4, 0.5) is 0 Å². The summed E-state index contributed by atoms with van der Waals surface area (Å²) in [7, 11) is 0. The lowest BCUT2D eigenvalue weighted by molar-refractivity contribution is 0.217. The van der Waals surface area contributed by atoms with Gasteiger partial charge in [-0.15, -0.1) is 0 Å². The Balaban J connectivity index is 2.08. The highest BCUT2D eigenvalue weighted by Gasteiger charge is 2.18. The number of nitrogens with zero attached hydrogens (tertiary/aromatic N) is 1. The van der Waals surface area contributed by atoms with Crippen molar-refractivity contribution in [2.75, 3.05) is 0 Å². The van der Waals surface area contributed by atoms with Crippen LogP contribution in [0.3, 0.4) is 0 Å². The van der Waals surface area contributed by atoms with Gasteiger partial charge in [0.1, 0.15) is 6.10 Å². The molecule has 20 heavy (non-hydrogen) atoms. The van der Waals surface area contributed by atoms with Crippen LogP contribution >= 0.6 is 0 Å². The van der Waals surface area contributed by atoms with E-state index in [9.17, 15) is 0 Å². The summed E-state index contributed by atoms with van der Waals surface area (Å²) < 4.78 is 5.89. The van der Waals surface area contributed by atoms with Crippen LogP contribution in [-0.2, 0) is 5.41 Å². The maximum Gasteiger partial charge on any atom is 0.213 e. The van der Waals surface area contributed by atoms with Crippen LogP contribution in [-0.4, -0.2) is 4.98 Å². The van der Waals surface area contributed by atoms with Crippen LogP contribution < -0.4 is 4.74 Å². The lowest BCUT2D eigenvalue weighted by Crippen LogP contribution is -2.15. The van der Waals surface area contributed by atoms with E-state index >= 15 is 0 Å². The standard InChI is InChI=1S/C18H23NO/c1-5-18(3,4)16-11-12-17(19-13-16)20-14(2)15-9-7-6-8-10-15/h6-14H,5H2,1-4H3. The Kier molecular flexibility index (Phi) is 4.43. The van der Waals surface area contributed by atoms with Crippen LogP contribution in [0, 0.1) is 0 Å². The SMILES string of the molecule is CCC(C)(C)c1ccc(OC(C)c2ccccc2)nc1. The molecule has 1 atom stereocenters. The lowest BCUT2D eigenvalue weighted by atomic mass is 9.83. The molecular weight excluding hydrogens is 246 g/mol. The van der Waals surface area contributed by atoms with Crippen LogP contribution in [0.25, 0.3) is 0 Å². The second-order valence-electron chi connectivity index (χ2n) is 5.79. The Bertz CT molecular complexity index is 531. The summed E-state index contributed by atoms with van der Waals surface area (Å²) in [6.45, 7) is 8.71. The molecule has 0 aliphatic rings. The molecule has 0 fully saturated rings. The van der Waals surface area contributed by atoms with Crippen molar-refractivity contribution in [1.82, 2.24) is 4.98 Å². The van der Waals surface area contributed by atoms with Crippen molar-refractivity contribution in [2.45, 2.75) is 45.6 Å². The third-order valence-corrected chi connectivity index (χ3v) is 3.97. The van der Waals surface area contributed by atoms with Gasteiger partial charge < -0.3 is 4.74 Å². The van der Waals surface area contributed by atoms with Gasteiger partial charge in [0, 0.05) is 12.3 Å². The van der Waals surface area contributed by atoms with Crippen LogP contribution in [0.5, 0.6) is 5.88 Å². The van der Waals surface area contributed by atoms with E-state index in [0.717, 1.165) is 12.0 Å². The molecule has 1 heterocycles. The number of aromatic nitrogens is 1. The van der Waals surface area contributed by atoms with E-state index in [2.05, 4.69) is 44.0 Å². The molecule has 0 saturated carbocycles. The predicted octanol–water partition coefficient (Wildman–Crippen LogP) is 4.91. The first-order valence-electron chi connectivity index (χ1n) is 7.21. The summed E-state index contributed by atoms with van der Waals surface area (Å²) in [6.07, 6.45) is 3.03. The molecular formula is C18H23NO. The molecule has 0 aliphatic carbocycles. The van der Waals surface area contributed by atoms with E-state index in [4.69, 9.17) is 4.74 Å². The van der Waals surface area contributed by atoms with E-state index in [0.29, 0.717) is 5.88 Å². The van der Waals surface area contributed by atoms with Gasteiger partial charge in [0.25, 0.3) is 0 Å². The molecule has 0 saturated heterocycles. The van der Waals surface area contributed by atoms with E-state index in [1.807, 2.05) is 37.4 Å². The summed E-state index contributed by atoms with van der Waals surface area (Å²) in [5.41, 5.74) is 2.57. The first-order valence-corrected chi connectivity index (χ1v) is 7.21. The lowest BCUT2D eigenvalue weighted by Gasteiger charge is -2.23. The molecule has 0 N–H and O–H groups in total. The minimum absolute atomic E-state index is 0.00809. The second-order valence-corrected chi connectivity index (χ2v) is 5.79. The fourth-order valence-corrected chi connectivity index (χ4v) is 2.03. The highest BCUT2D eigenvalue weighted by Crippen LogP contribution is 2.27. The largest absolute Gasteiger partial charge is 0.470 e. The summed E-state index contributed by atoms with van der Waals surface area (Å²) in [5.74, 6) is 0.678. The number of pyridine rings is 1. The van der Waals surface area contributed by atoms with Crippen LogP contribution in [0.1, 0.15) is 51.3 Å². The average molecular weight is 269 g/mol. The Hall–Kier alpha value is -1.83. The van der Waals surface area contributed by atoms with Gasteiger partial charge in [-0.25, -0.2) is 4.98 Å². The van der Waals surface area contributed by atoms with Crippen molar-refractivity contribution < 1.29 is 4.74 Å². The normalized spacial score (nSPS) is 13.0. The number of hydrogen-bond acceptors (Lipinski definition) is 2. The van der Waals surface area contributed by atoms with Crippen molar-refractivity contribution in [2.24, 2.45) is 0 Å². The molecule has 0 aliphatic heterocycles. The monoisotopic (exact) mass is 269 g/mol. The molecule has 1 aromatic carbocycles. The van der Waals surface area contributed by atoms with Gasteiger partial charge in [-0.3, -0.25) is 0 Å². The third kappa shape index (κ3) is 3.38. The van der Waals surface area contributed by atoms with Crippen molar-refractivity contribution in [3.8, 4) is 5.88 Å². The number of benzene rings is 1. The Labute approximate surface area is 121 Å². The van der Waals surface area contributed by atoms with E-state index in [1.54, 1.807) is 0 Å². The minimum Gasteiger partial charge on any atom is -0.470 e.